The van der Waals surface area contributed by atoms with E-state index >= 15 is 0 Å². The van der Waals surface area contributed by atoms with Gasteiger partial charge in [-0.25, -0.2) is 4.79 Å². The number of hydrogen-bond donors (Lipinski definition) is 2. The summed E-state index contributed by atoms with van der Waals surface area (Å²) in [7, 11) is -4.28. The van der Waals surface area contributed by atoms with Gasteiger partial charge in [-0.3, -0.25) is 9.36 Å². The molecule has 0 aromatic heterocycles. The van der Waals surface area contributed by atoms with Crippen LogP contribution in [0, 0.1) is 0 Å². The smallest absolute Gasteiger partial charge is 0.408 e. The number of ether oxygens (including phenoxy) is 1. The molecule has 22 heavy (non-hydrogen) atoms. The Morgan fingerprint density at radius 2 is 1.91 bits per heavy atom. The summed E-state index contributed by atoms with van der Waals surface area (Å²) in [5, 5.41) is 2.09. The van der Waals surface area contributed by atoms with E-state index in [1.165, 1.54) is 6.92 Å². The lowest BCUT2D eigenvalue weighted by atomic mass is 10.3. The van der Waals surface area contributed by atoms with E-state index in [9.17, 15) is 19.0 Å². The fourth-order valence-electron chi connectivity index (χ4n) is 1.25. The van der Waals surface area contributed by atoms with Crippen LogP contribution in [0.2, 0.25) is 0 Å². The van der Waals surface area contributed by atoms with Gasteiger partial charge in [-0.1, -0.05) is 41.7 Å². The van der Waals surface area contributed by atoms with Crippen molar-refractivity contribution in [3.63, 3.8) is 0 Å². The van der Waals surface area contributed by atoms with Crippen molar-refractivity contribution in [1.82, 2.24) is 5.32 Å². The summed E-state index contributed by atoms with van der Waals surface area (Å²) in [6, 6.07) is 0. The van der Waals surface area contributed by atoms with E-state index in [0.29, 0.717) is 6.42 Å². The zero-order valence-electron chi connectivity index (χ0n) is 12.3. The summed E-state index contributed by atoms with van der Waals surface area (Å²) in [6.45, 7) is 4.00. The molecule has 7 nitrogen and oxygen atoms in total. The number of hydrogen-bond acceptors (Lipinski definition) is 5. The maximum atomic E-state index is 12.2. The van der Waals surface area contributed by atoms with Crippen LogP contribution in [0.3, 0.4) is 0 Å². The third kappa shape index (κ3) is 9.87. The topological polar surface area (TPSA) is 102 Å². The highest BCUT2D eigenvalue weighted by Crippen LogP contribution is 2.49. The number of carbonyl (C=O) groups excluding carboxylic acids is 2. The van der Waals surface area contributed by atoms with Gasteiger partial charge < -0.3 is 19.5 Å². The molecule has 0 radical (unpaired) electrons. The molecule has 130 valence electrons. The highest BCUT2D eigenvalue weighted by Gasteiger charge is 2.37. The molecule has 0 aliphatic carbocycles. The van der Waals surface area contributed by atoms with Crippen LogP contribution in [0.25, 0.3) is 0 Å². The first-order valence-corrected chi connectivity index (χ1v) is 9.15. The Bertz CT molecular complexity index is 442. The van der Waals surface area contributed by atoms with Crippen molar-refractivity contribution in [2.24, 2.45) is 0 Å². The van der Waals surface area contributed by atoms with Gasteiger partial charge in [0.1, 0.15) is 18.2 Å². The lowest BCUT2D eigenvalue weighted by molar-refractivity contribution is -0.117. The van der Waals surface area contributed by atoms with Gasteiger partial charge in [-0.2, -0.15) is 0 Å². The fourth-order valence-corrected chi connectivity index (χ4v) is 2.98. The fraction of sp³-hybridized carbons (Fsp3) is 0.818. The first kappa shape index (κ1) is 22.0. The van der Waals surface area contributed by atoms with E-state index in [4.69, 9.17) is 39.3 Å². The molecule has 0 bridgehead atoms. The SMILES string of the molecule is CCC(C)OP(=O)(O)C(CC(C)=O)NC(=O)OCC(Cl)(Cl)Cl. The minimum atomic E-state index is -4.28. The minimum absolute atomic E-state index is 0.396. The quantitative estimate of drug-likeness (QED) is 0.480. The van der Waals surface area contributed by atoms with Gasteiger partial charge in [0.15, 0.2) is 0 Å². The molecule has 0 saturated heterocycles. The van der Waals surface area contributed by atoms with E-state index in [1.807, 2.05) is 0 Å². The molecule has 3 unspecified atom stereocenters. The Morgan fingerprint density at radius 1 is 1.36 bits per heavy atom. The second-order valence-corrected chi connectivity index (χ2v) is 9.12. The lowest BCUT2D eigenvalue weighted by Crippen LogP contribution is -2.38. The Hall–Kier alpha value is -0.0400. The molecule has 0 heterocycles. The van der Waals surface area contributed by atoms with Crippen LogP contribution >= 0.6 is 42.4 Å². The van der Waals surface area contributed by atoms with Gasteiger partial charge in [0.25, 0.3) is 0 Å². The number of carbonyl (C=O) groups is 2. The van der Waals surface area contributed by atoms with Crippen molar-refractivity contribution in [1.29, 1.82) is 0 Å². The summed E-state index contributed by atoms with van der Waals surface area (Å²) in [5.41, 5.74) is 0. The predicted molar refractivity (Wildman–Crippen MR) is 84.5 cm³/mol. The monoisotopic (exact) mass is 397 g/mol. The third-order valence-electron chi connectivity index (χ3n) is 2.43. The van der Waals surface area contributed by atoms with Crippen molar-refractivity contribution in [2.75, 3.05) is 6.61 Å². The number of nitrogens with one attached hydrogen (secondary N) is 1. The summed E-state index contributed by atoms with van der Waals surface area (Å²) in [6.07, 6.45) is -1.54. The number of ketones is 1. The highest BCUT2D eigenvalue weighted by molar-refractivity contribution is 7.53. The molecule has 0 rings (SSSR count). The third-order valence-corrected chi connectivity index (χ3v) is 4.52. The Morgan fingerprint density at radius 3 is 2.32 bits per heavy atom. The van der Waals surface area contributed by atoms with Crippen LogP contribution in [0.1, 0.15) is 33.6 Å². The number of amides is 1. The lowest BCUT2D eigenvalue weighted by Gasteiger charge is -2.25. The van der Waals surface area contributed by atoms with Crippen molar-refractivity contribution in [3.05, 3.63) is 0 Å². The van der Waals surface area contributed by atoms with Crippen molar-refractivity contribution < 1.29 is 28.3 Å². The number of rotatable bonds is 8. The second kappa shape index (κ2) is 9.30. The molecular weight excluding hydrogens is 379 g/mol. The van der Waals surface area contributed by atoms with Gasteiger partial charge in [-0.05, 0) is 20.3 Å². The van der Waals surface area contributed by atoms with E-state index in [1.54, 1.807) is 13.8 Å². The van der Waals surface area contributed by atoms with Crippen LogP contribution in [0.5, 0.6) is 0 Å². The first-order valence-electron chi connectivity index (χ1n) is 6.37. The van der Waals surface area contributed by atoms with Crippen LogP contribution < -0.4 is 5.32 Å². The molecule has 11 heteroatoms. The summed E-state index contributed by atoms with van der Waals surface area (Å²) >= 11 is 16.3. The zero-order chi connectivity index (χ0) is 17.6. The van der Waals surface area contributed by atoms with Crippen LogP contribution in [-0.2, 0) is 18.6 Å². The molecule has 3 atom stereocenters. The molecule has 0 spiro atoms. The molecule has 0 aliphatic heterocycles. The Kier molecular flexibility index (Phi) is 9.29. The second-order valence-electron chi connectivity index (χ2n) is 4.65. The van der Waals surface area contributed by atoms with Gasteiger partial charge >= 0.3 is 13.7 Å². The average Bonchev–Trinajstić information content (AvgIpc) is 2.33. The molecule has 0 saturated carbocycles. The van der Waals surface area contributed by atoms with Crippen molar-refractivity contribution in [3.8, 4) is 0 Å². The maximum Gasteiger partial charge on any atom is 0.408 e. The average molecular weight is 399 g/mol. The van der Waals surface area contributed by atoms with Gasteiger partial charge in [-0.15, -0.1) is 0 Å². The van der Waals surface area contributed by atoms with Crippen LogP contribution in [0.15, 0.2) is 0 Å². The standard InChI is InChI=1S/C11H19Cl3NO6P/c1-4-8(3)21-22(18,19)9(5-7(2)16)15-10(17)20-6-11(12,13)14/h8-9H,4-6H2,1-3H3,(H,15,17)(H,18,19). The molecule has 1 amide bonds. The largest absolute Gasteiger partial charge is 0.445 e. The predicted octanol–water partition coefficient (Wildman–Crippen LogP) is 3.39. The number of halogens is 3. The number of Topliss-reactive ketones (excluding diaryl/α,β-unsaturated/α-hetero) is 1. The molecule has 2 N–H and O–H groups in total. The molecule has 0 aliphatic rings. The normalized spacial score (nSPS) is 17.2. The van der Waals surface area contributed by atoms with Crippen molar-refractivity contribution >= 4 is 54.3 Å². The Balaban J connectivity index is 4.87. The van der Waals surface area contributed by atoms with E-state index in [-0.39, 0.29) is 0 Å². The summed E-state index contributed by atoms with van der Waals surface area (Å²) < 4.78 is 20.0. The van der Waals surface area contributed by atoms with Gasteiger partial charge in [0.2, 0.25) is 3.79 Å². The maximum absolute atomic E-state index is 12.2. The van der Waals surface area contributed by atoms with Crippen LogP contribution in [0.4, 0.5) is 4.79 Å². The van der Waals surface area contributed by atoms with E-state index < -0.39 is 48.2 Å². The number of alkyl carbamates (subject to hydrolysis) is 1. The summed E-state index contributed by atoms with van der Waals surface area (Å²) in [5.74, 6) is -1.85. The summed E-state index contributed by atoms with van der Waals surface area (Å²) in [4.78, 5) is 32.7. The van der Waals surface area contributed by atoms with Gasteiger partial charge in [0.05, 0.1) is 6.10 Å². The van der Waals surface area contributed by atoms with Gasteiger partial charge in [0, 0.05) is 6.42 Å². The van der Waals surface area contributed by atoms with E-state index in [2.05, 4.69) is 10.1 Å². The molecule has 0 fully saturated rings. The van der Waals surface area contributed by atoms with E-state index in [0.717, 1.165) is 0 Å². The molecule has 0 aromatic rings. The Labute approximate surface area is 144 Å². The minimum Gasteiger partial charge on any atom is -0.445 e. The number of alkyl halides is 3. The zero-order valence-corrected chi connectivity index (χ0v) is 15.5. The molecule has 0 aromatic carbocycles. The highest BCUT2D eigenvalue weighted by atomic mass is 35.6. The first-order chi connectivity index (χ1) is 9.87. The van der Waals surface area contributed by atoms with Crippen molar-refractivity contribution in [2.45, 2.75) is 49.3 Å². The molecular formula is C11H19Cl3NO6P. The van der Waals surface area contributed by atoms with Crippen LogP contribution in [-0.4, -0.2) is 39.1 Å².